The molecule has 0 unspecified atom stereocenters. The third kappa shape index (κ3) is 5.76. The Bertz CT molecular complexity index is 1350. The number of nitrogens with one attached hydrogen (secondary N) is 2. The SMILES string of the molecule is O=C(/C=C/c1ccc(-c2ccccc2)o1)NC(=S)Nc1nc(-c2cccc([N+](=O)[O-])c2)cs1. The molecular formula is C23H16N4O4S2. The molecule has 0 aliphatic carbocycles. The van der Waals surface area contributed by atoms with Crippen molar-refractivity contribution in [1.82, 2.24) is 10.3 Å². The molecule has 33 heavy (non-hydrogen) atoms. The van der Waals surface area contributed by atoms with Gasteiger partial charge >= 0.3 is 0 Å². The van der Waals surface area contributed by atoms with E-state index in [0.29, 0.717) is 27.9 Å². The van der Waals surface area contributed by atoms with Crippen molar-refractivity contribution in [3.05, 3.63) is 94.1 Å². The minimum Gasteiger partial charge on any atom is -0.457 e. The molecule has 0 radical (unpaired) electrons. The summed E-state index contributed by atoms with van der Waals surface area (Å²) in [6.07, 6.45) is 2.87. The van der Waals surface area contributed by atoms with Gasteiger partial charge in [0.25, 0.3) is 5.69 Å². The van der Waals surface area contributed by atoms with Crippen LogP contribution >= 0.6 is 23.6 Å². The molecule has 0 spiro atoms. The van der Waals surface area contributed by atoms with Crippen LogP contribution in [-0.2, 0) is 4.79 Å². The van der Waals surface area contributed by atoms with Gasteiger partial charge in [0, 0.05) is 34.7 Å². The topological polar surface area (TPSA) is 110 Å². The van der Waals surface area contributed by atoms with E-state index >= 15 is 0 Å². The number of carbonyl (C=O) groups is 1. The highest BCUT2D eigenvalue weighted by Crippen LogP contribution is 2.27. The van der Waals surface area contributed by atoms with Crippen molar-refractivity contribution in [3.63, 3.8) is 0 Å². The van der Waals surface area contributed by atoms with Crippen LogP contribution in [0.5, 0.6) is 0 Å². The Hall–Kier alpha value is -4.15. The number of furan rings is 1. The highest BCUT2D eigenvalue weighted by atomic mass is 32.1. The lowest BCUT2D eigenvalue weighted by Gasteiger charge is -2.04. The van der Waals surface area contributed by atoms with Gasteiger partial charge in [-0.25, -0.2) is 4.98 Å². The van der Waals surface area contributed by atoms with Gasteiger partial charge in [0.05, 0.1) is 10.6 Å². The Kier molecular flexibility index (Phi) is 6.67. The fraction of sp³-hybridized carbons (Fsp3) is 0. The smallest absolute Gasteiger partial charge is 0.270 e. The Morgan fingerprint density at radius 2 is 1.88 bits per heavy atom. The van der Waals surface area contributed by atoms with Crippen LogP contribution in [0.2, 0.25) is 0 Å². The van der Waals surface area contributed by atoms with Crippen LogP contribution in [-0.4, -0.2) is 20.9 Å². The van der Waals surface area contributed by atoms with Crippen LogP contribution in [0.15, 0.2) is 82.6 Å². The molecule has 0 atom stereocenters. The number of aromatic nitrogens is 1. The Morgan fingerprint density at radius 1 is 1.09 bits per heavy atom. The molecule has 4 aromatic rings. The second-order valence-corrected chi connectivity index (χ2v) is 7.96. The van der Waals surface area contributed by atoms with E-state index in [1.807, 2.05) is 36.4 Å². The lowest BCUT2D eigenvalue weighted by atomic mass is 10.1. The van der Waals surface area contributed by atoms with Crippen LogP contribution in [0.1, 0.15) is 5.76 Å². The molecule has 2 N–H and O–H groups in total. The van der Waals surface area contributed by atoms with Gasteiger partial charge in [0.2, 0.25) is 5.91 Å². The van der Waals surface area contributed by atoms with Gasteiger partial charge in [0.15, 0.2) is 10.2 Å². The Balaban J connectivity index is 1.33. The monoisotopic (exact) mass is 476 g/mol. The van der Waals surface area contributed by atoms with E-state index in [1.165, 1.54) is 29.5 Å². The van der Waals surface area contributed by atoms with Crippen LogP contribution in [0.3, 0.4) is 0 Å². The molecule has 2 heterocycles. The fourth-order valence-corrected chi connectivity index (χ4v) is 3.87. The molecule has 2 aromatic carbocycles. The molecular weight excluding hydrogens is 460 g/mol. The number of hydrogen-bond donors (Lipinski definition) is 2. The largest absolute Gasteiger partial charge is 0.457 e. The molecule has 0 fully saturated rings. The molecule has 164 valence electrons. The first-order valence-electron chi connectivity index (χ1n) is 9.63. The maximum absolute atomic E-state index is 12.2. The summed E-state index contributed by atoms with van der Waals surface area (Å²) in [5, 5.41) is 18.6. The molecule has 2 aromatic heterocycles. The van der Waals surface area contributed by atoms with Crippen LogP contribution in [0.25, 0.3) is 28.7 Å². The average Bonchev–Trinajstić information content (AvgIpc) is 3.48. The van der Waals surface area contributed by atoms with Crippen molar-refractivity contribution in [2.24, 2.45) is 0 Å². The zero-order valence-electron chi connectivity index (χ0n) is 16.9. The minimum absolute atomic E-state index is 0.0166. The third-order valence-electron chi connectivity index (χ3n) is 4.40. The first-order chi connectivity index (χ1) is 16.0. The summed E-state index contributed by atoms with van der Waals surface area (Å²) in [5.41, 5.74) is 2.10. The number of carbonyl (C=O) groups excluding carboxylic acids is 1. The number of benzene rings is 2. The fourth-order valence-electron chi connectivity index (χ4n) is 2.88. The van der Waals surface area contributed by atoms with Gasteiger partial charge in [-0.05, 0) is 30.4 Å². The van der Waals surface area contributed by atoms with Gasteiger partial charge in [-0.1, -0.05) is 42.5 Å². The lowest BCUT2D eigenvalue weighted by Crippen LogP contribution is -2.32. The van der Waals surface area contributed by atoms with E-state index < -0.39 is 10.8 Å². The summed E-state index contributed by atoms with van der Waals surface area (Å²) in [6, 6.07) is 19.4. The molecule has 0 saturated carbocycles. The van der Waals surface area contributed by atoms with Crippen molar-refractivity contribution in [3.8, 4) is 22.6 Å². The number of non-ortho nitro benzene ring substituents is 1. The molecule has 0 saturated heterocycles. The summed E-state index contributed by atoms with van der Waals surface area (Å²) in [7, 11) is 0. The average molecular weight is 477 g/mol. The van der Waals surface area contributed by atoms with Crippen molar-refractivity contribution >= 4 is 51.5 Å². The van der Waals surface area contributed by atoms with E-state index in [2.05, 4.69) is 15.6 Å². The summed E-state index contributed by atoms with van der Waals surface area (Å²) in [4.78, 5) is 27.0. The maximum Gasteiger partial charge on any atom is 0.270 e. The minimum atomic E-state index is -0.460. The lowest BCUT2D eigenvalue weighted by molar-refractivity contribution is -0.384. The van der Waals surface area contributed by atoms with Crippen molar-refractivity contribution in [1.29, 1.82) is 0 Å². The number of nitro groups is 1. The molecule has 4 rings (SSSR count). The second-order valence-electron chi connectivity index (χ2n) is 6.69. The number of rotatable bonds is 6. The van der Waals surface area contributed by atoms with Gasteiger partial charge in [0.1, 0.15) is 11.5 Å². The van der Waals surface area contributed by atoms with E-state index in [1.54, 1.807) is 29.7 Å². The number of nitro benzene ring substituents is 1. The number of nitrogens with zero attached hydrogens (tertiary/aromatic N) is 2. The molecule has 0 aliphatic heterocycles. The number of hydrogen-bond acceptors (Lipinski definition) is 7. The van der Waals surface area contributed by atoms with Gasteiger partial charge in [-0.15, -0.1) is 11.3 Å². The van der Waals surface area contributed by atoms with Crippen molar-refractivity contribution in [2.75, 3.05) is 5.32 Å². The number of thiocarbonyl (C=S) groups is 1. The maximum atomic E-state index is 12.2. The molecule has 0 aliphatic rings. The van der Waals surface area contributed by atoms with Crippen molar-refractivity contribution < 1.29 is 14.1 Å². The Morgan fingerprint density at radius 3 is 2.67 bits per heavy atom. The number of anilines is 1. The zero-order valence-corrected chi connectivity index (χ0v) is 18.6. The van der Waals surface area contributed by atoms with E-state index in [-0.39, 0.29) is 10.8 Å². The summed E-state index contributed by atoms with van der Waals surface area (Å²) in [6.45, 7) is 0. The van der Waals surface area contributed by atoms with Gasteiger partial charge in [-0.3, -0.25) is 20.2 Å². The van der Waals surface area contributed by atoms with E-state index in [4.69, 9.17) is 16.6 Å². The summed E-state index contributed by atoms with van der Waals surface area (Å²) >= 11 is 6.43. The second kappa shape index (κ2) is 9.98. The van der Waals surface area contributed by atoms with E-state index in [9.17, 15) is 14.9 Å². The first kappa shape index (κ1) is 22.1. The summed E-state index contributed by atoms with van der Waals surface area (Å²) < 4.78 is 5.72. The quantitative estimate of drug-likeness (QED) is 0.163. The predicted octanol–water partition coefficient (Wildman–Crippen LogP) is 5.50. The zero-order chi connectivity index (χ0) is 23.2. The Labute approximate surface area is 197 Å². The molecule has 1 amide bonds. The standard InChI is InChI=1S/C23H16N4O4S2/c28-21(12-10-18-9-11-20(31-18)15-5-2-1-3-6-15)25-22(32)26-23-24-19(14-33-23)16-7-4-8-17(13-16)27(29)30/h1-14H,(H2,24,25,26,28,32)/b12-10+. The highest BCUT2D eigenvalue weighted by molar-refractivity contribution is 7.80. The van der Waals surface area contributed by atoms with Crippen LogP contribution in [0.4, 0.5) is 10.8 Å². The number of thiazole rings is 1. The van der Waals surface area contributed by atoms with E-state index in [0.717, 1.165) is 5.56 Å². The normalized spacial score (nSPS) is 10.8. The van der Waals surface area contributed by atoms with Crippen LogP contribution < -0.4 is 10.6 Å². The van der Waals surface area contributed by atoms with Crippen LogP contribution in [0, 0.1) is 10.1 Å². The molecule has 10 heteroatoms. The summed E-state index contributed by atoms with van der Waals surface area (Å²) in [5.74, 6) is 0.807. The predicted molar refractivity (Wildman–Crippen MR) is 132 cm³/mol. The third-order valence-corrected chi connectivity index (χ3v) is 5.36. The highest BCUT2D eigenvalue weighted by Gasteiger charge is 2.11. The molecule has 8 nitrogen and oxygen atoms in total. The van der Waals surface area contributed by atoms with Gasteiger partial charge < -0.3 is 9.73 Å². The number of amides is 1. The first-order valence-corrected chi connectivity index (χ1v) is 10.9. The molecule has 0 bridgehead atoms. The van der Waals surface area contributed by atoms with Gasteiger partial charge in [-0.2, -0.15) is 0 Å². The van der Waals surface area contributed by atoms with Crippen molar-refractivity contribution in [2.45, 2.75) is 0 Å².